The molecule has 1 saturated carbocycles. The van der Waals surface area contributed by atoms with Gasteiger partial charge in [0, 0.05) is 24.4 Å². The Morgan fingerprint density at radius 2 is 2.04 bits per heavy atom. The molecule has 0 saturated heterocycles. The van der Waals surface area contributed by atoms with E-state index in [1.54, 1.807) is 19.1 Å². The zero-order chi connectivity index (χ0) is 19.4. The van der Waals surface area contributed by atoms with Gasteiger partial charge in [0.15, 0.2) is 0 Å². The summed E-state index contributed by atoms with van der Waals surface area (Å²) >= 11 is 0. The summed E-state index contributed by atoms with van der Waals surface area (Å²) in [5, 5.41) is 15.8. The third kappa shape index (κ3) is 4.90. The number of hydrogen-bond acceptors (Lipinski definition) is 5. The van der Waals surface area contributed by atoms with E-state index < -0.39 is 5.97 Å². The number of halogens is 1. The molecule has 8 heteroatoms. The van der Waals surface area contributed by atoms with E-state index in [1.165, 1.54) is 6.07 Å². The number of hydrogen-bond donors (Lipinski definition) is 2. The van der Waals surface area contributed by atoms with Gasteiger partial charge in [-0.15, -0.1) is 0 Å². The molecule has 0 aliphatic heterocycles. The fourth-order valence-electron chi connectivity index (χ4n) is 3.21. The molecule has 3 rings (SSSR count). The Morgan fingerprint density at radius 3 is 2.70 bits per heavy atom. The van der Waals surface area contributed by atoms with E-state index in [0.29, 0.717) is 42.7 Å². The minimum absolute atomic E-state index is 0.0156. The fourth-order valence-corrected chi connectivity index (χ4v) is 3.21. The summed E-state index contributed by atoms with van der Waals surface area (Å²) in [6, 6.07) is 4.73. The van der Waals surface area contributed by atoms with E-state index in [4.69, 9.17) is 9.63 Å². The van der Waals surface area contributed by atoms with Crippen molar-refractivity contribution in [1.82, 2.24) is 15.5 Å². The number of carbonyl (C=O) groups excluding carboxylic acids is 1. The first-order valence-electron chi connectivity index (χ1n) is 9.03. The molecule has 2 aromatic rings. The number of nitrogens with one attached hydrogen (secondary N) is 1. The predicted octanol–water partition coefficient (Wildman–Crippen LogP) is 2.88. The predicted molar refractivity (Wildman–Crippen MR) is 94.3 cm³/mol. The molecule has 0 spiro atoms. The van der Waals surface area contributed by atoms with Crippen LogP contribution in [0.25, 0.3) is 11.4 Å². The number of aliphatic carboxylic acids is 1. The summed E-state index contributed by atoms with van der Waals surface area (Å²) in [4.78, 5) is 27.3. The Kier molecular flexibility index (Phi) is 5.83. The number of nitrogens with zero attached hydrogens (tertiary/aromatic N) is 2. The maximum absolute atomic E-state index is 13.6. The minimum Gasteiger partial charge on any atom is -0.481 e. The van der Waals surface area contributed by atoms with Crippen LogP contribution in [0.2, 0.25) is 0 Å². The smallest absolute Gasteiger partial charge is 0.306 e. The number of amides is 1. The molecular weight excluding hydrogens is 353 g/mol. The van der Waals surface area contributed by atoms with Crippen molar-refractivity contribution in [2.45, 2.75) is 51.5 Å². The van der Waals surface area contributed by atoms with E-state index in [2.05, 4.69) is 15.5 Å². The van der Waals surface area contributed by atoms with Gasteiger partial charge in [-0.05, 0) is 44.2 Å². The third-order valence-electron chi connectivity index (χ3n) is 4.91. The summed E-state index contributed by atoms with van der Waals surface area (Å²) in [5.41, 5.74) is 1.06. The van der Waals surface area contributed by atoms with Crippen LogP contribution in [0.1, 0.15) is 43.6 Å². The summed E-state index contributed by atoms with van der Waals surface area (Å²) in [6.45, 7) is 1.67. The molecule has 1 fully saturated rings. The van der Waals surface area contributed by atoms with Crippen molar-refractivity contribution in [3.63, 3.8) is 0 Å². The molecule has 1 heterocycles. The van der Waals surface area contributed by atoms with Crippen molar-refractivity contribution in [3.05, 3.63) is 35.5 Å². The lowest BCUT2D eigenvalue weighted by molar-refractivity contribution is -0.142. The zero-order valence-corrected chi connectivity index (χ0v) is 15.1. The second-order valence-corrected chi connectivity index (χ2v) is 6.93. The molecule has 1 aromatic carbocycles. The summed E-state index contributed by atoms with van der Waals surface area (Å²) in [6.07, 6.45) is 3.00. The molecule has 0 bridgehead atoms. The number of aromatic nitrogens is 2. The topological polar surface area (TPSA) is 105 Å². The van der Waals surface area contributed by atoms with Gasteiger partial charge in [-0.3, -0.25) is 9.59 Å². The molecule has 27 heavy (non-hydrogen) atoms. The maximum atomic E-state index is 13.6. The Labute approximate surface area is 156 Å². The van der Waals surface area contributed by atoms with Gasteiger partial charge in [-0.1, -0.05) is 17.3 Å². The Balaban J connectivity index is 1.48. The SMILES string of the molecule is Cc1ccc(-c2noc(CCC(=O)NC3CCC(C(=O)O)CC3)n2)cc1F. The summed E-state index contributed by atoms with van der Waals surface area (Å²) in [5.74, 6) is -0.931. The largest absolute Gasteiger partial charge is 0.481 e. The molecule has 1 aromatic heterocycles. The second-order valence-electron chi connectivity index (χ2n) is 6.93. The van der Waals surface area contributed by atoms with Gasteiger partial charge >= 0.3 is 5.97 Å². The number of carboxylic acid groups (broad SMARTS) is 1. The van der Waals surface area contributed by atoms with Gasteiger partial charge < -0.3 is 14.9 Å². The molecule has 1 amide bonds. The molecule has 0 radical (unpaired) electrons. The van der Waals surface area contributed by atoms with Gasteiger partial charge in [0.25, 0.3) is 0 Å². The highest BCUT2D eigenvalue weighted by atomic mass is 19.1. The van der Waals surface area contributed by atoms with Crippen molar-refractivity contribution >= 4 is 11.9 Å². The first-order valence-corrected chi connectivity index (χ1v) is 9.03. The van der Waals surface area contributed by atoms with Crippen LogP contribution in [0.4, 0.5) is 4.39 Å². The summed E-state index contributed by atoms with van der Waals surface area (Å²) in [7, 11) is 0. The van der Waals surface area contributed by atoms with Crippen LogP contribution in [0.15, 0.2) is 22.7 Å². The van der Waals surface area contributed by atoms with Gasteiger partial charge in [0.05, 0.1) is 5.92 Å². The highest BCUT2D eigenvalue weighted by Gasteiger charge is 2.26. The number of carbonyl (C=O) groups is 2. The van der Waals surface area contributed by atoms with E-state index in [0.717, 1.165) is 0 Å². The maximum Gasteiger partial charge on any atom is 0.306 e. The molecular formula is C19H22FN3O4. The van der Waals surface area contributed by atoms with Crippen LogP contribution in [0.3, 0.4) is 0 Å². The van der Waals surface area contributed by atoms with Crippen LogP contribution < -0.4 is 5.32 Å². The highest BCUT2D eigenvalue weighted by molar-refractivity contribution is 5.76. The van der Waals surface area contributed by atoms with E-state index in [1.807, 2.05) is 0 Å². The van der Waals surface area contributed by atoms with Gasteiger partial charge in [0.2, 0.25) is 17.6 Å². The van der Waals surface area contributed by atoms with Crippen molar-refractivity contribution in [2.24, 2.45) is 5.92 Å². The van der Waals surface area contributed by atoms with Crippen molar-refractivity contribution in [1.29, 1.82) is 0 Å². The summed E-state index contributed by atoms with van der Waals surface area (Å²) < 4.78 is 18.8. The average molecular weight is 375 g/mol. The average Bonchev–Trinajstić information content (AvgIpc) is 3.12. The van der Waals surface area contributed by atoms with Crippen molar-refractivity contribution in [2.75, 3.05) is 0 Å². The van der Waals surface area contributed by atoms with E-state index in [9.17, 15) is 14.0 Å². The van der Waals surface area contributed by atoms with Crippen LogP contribution in [-0.2, 0) is 16.0 Å². The Bertz CT molecular complexity index is 828. The number of benzene rings is 1. The molecule has 0 unspecified atom stereocenters. The minimum atomic E-state index is -0.763. The van der Waals surface area contributed by atoms with Gasteiger partial charge in [-0.2, -0.15) is 4.98 Å². The molecule has 2 N–H and O–H groups in total. The number of rotatable bonds is 6. The Morgan fingerprint density at radius 1 is 1.30 bits per heavy atom. The lowest BCUT2D eigenvalue weighted by atomic mass is 9.86. The highest BCUT2D eigenvalue weighted by Crippen LogP contribution is 2.24. The van der Waals surface area contributed by atoms with Crippen LogP contribution in [-0.4, -0.2) is 33.2 Å². The molecule has 7 nitrogen and oxygen atoms in total. The molecule has 1 aliphatic rings. The fraction of sp³-hybridized carbons (Fsp3) is 0.474. The van der Waals surface area contributed by atoms with E-state index >= 15 is 0 Å². The van der Waals surface area contributed by atoms with Crippen molar-refractivity contribution < 1.29 is 23.6 Å². The van der Waals surface area contributed by atoms with Crippen molar-refractivity contribution in [3.8, 4) is 11.4 Å². The normalized spacial score (nSPS) is 19.6. The third-order valence-corrected chi connectivity index (χ3v) is 4.91. The first-order chi connectivity index (χ1) is 12.9. The first kappa shape index (κ1) is 19.0. The quantitative estimate of drug-likeness (QED) is 0.804. The van der Waals surface area contributed by atoms with E-state index in [-0.39, 0.29) is 42.4 Å². The van der Waals surface area contributed by atoms with Crippen LogP contribution >= 0.6 is 0 Å². The molecule has 1 aliphatic carbocycles. The number of aryl methyl sites for hydroxylation is 2. The monoisotopic (exact) mass is 375 g/mol. The zero-order valence-electron chi connectivity index (χ0n) is 15.1. The molecule has 0 atom stereocenters. The lowest BCUT2D eigenvalue weighted by Crippen LogP contribution is -2.38. The van der Waals surface area contributed by atoms with Crippen LogP contribution in [0, 0.1) is 18.7 Å². The Hall–Kier alpha value is -2.77. The second kappa shape index (κ2) is 8.28. The number of carboxylic acids is 1. The van der Waals surface area contributed by atoms with Crippen LogP contribution in [0.5, 0.6) is 0 Å². The van der Waals surface area contributed by atoms with Gasteiger partial charge in [-0.25, -0.2) is 4.39 Å². The molecule has 144 valence electrons. The lowest BCUT2D eigenvalue weighted by Gasteiger charge is -2.26. The van der Waals surface area contributed by atoms with Gasteiger partial charge in [0.1, 0.15) is 5.82 Å². The standard InChI is InChI=1S/C19H22FN3O4/c1-11-2-3-13(10-15(11)20)18-22-17(27-23-18)9-8-16(24)21-14-6-4-12(5-7-14)19(25)26/h2-3,10,12,14H,4-9H2,1H3,(H,21,24)(H,25,26).